The number of benzene rings is 1. The van der Waals surface area contributed by atoms with Crippen LogP contribution in [0.15, 0.2) is 67.3 Å². The van der Waals surface area contributed by atoms with Crippen LogP contribution in [-0.2, 0) is 0 Å². The fraction of sp³-hybridized carbons (Fsp3) is 0. The SMILES string of the molecule is c1ccc(Oc2ncc(-c3ccc4nccn4n3)cn2)cc1. The van der Waals surface area contributed by atoms with Gasteiger partial charge in [-0.05, 0) is 24.3 Å². The van der Waals surface area contributed by atoms with Gasteiger partial charge in [-0.15, -0.1) is 0 Å². The van der Waals surface area contributed by atoms with Gasteiger partial charge in [0, 0.05) is 30.4 Å². The number of para-hydroxylation sites is 1. The second-order valence-corrected chi connectivity index (χ2v) is 4.62. The molecule has 0 saturated heterocycles. The molecule has 0 saturated carbocycles. The molecule has 0 fully saturated rings. The summed E-state index contributed by atoms with van der Waals surface area (Å²) in [5.41, 5.74) is 2.39. The number of rotatable bonds is 3. The van der Waals surface area contributed by atoms with E-state index in [4.69, 9.17) is 4.74 Å². The predicted octanol–water partition coefficient (Wildman–Crippen LogP) is 2.98. The van der Waals surface area contributed by atoms with E-state index in [0.29, 0.717) is 11.8 Å². The molecule has 22 heavy (non-hydrogen) atoms. The number of aromatic nitrogens is 5. The molecule has 3 aromatic heterocycles. The lowest BCUT2D eigenvalue weighted by atomic mass is 10.2. The minimum absolute atomic E-state index is 0.304. The molecule has 106 valence electrons. The van der Waals surface area contributed by atoms with Gasteiger partial charge in [-0.3, -0.25) is 0 Å². The molecule has 1 aromatic carbocycles. The van der Waals surface area contributed by atoms with Crippen molar-refractivity contribution in [2.45, 2.75) is 0 Å². The van der Waals surface area contributed by atoms with Gasteiger partial charge in [-0.25, -0.2) is 19.5 Å². The Morgan fingerprint density at radius 1 is 0.864 bits per heavy atom. The zero-order chi connectivity index (χ0) is 14.8. The van der Waals surface area contributed by atoms with Crippen molar-refractivity contribution in [3.05, 3.63) is 67.3 Å². The third-order valence-corrected chi connectivity index (χ3v) is 3.13. The van der Waals surface area contributed by atoms with Crippen LogP contribution in [0.25, 0.3) is 16.9 Å². The van der Waals surface area contributed by atoms with Crippen LogP contribution in [-0.4, -0.2) is 24.6 Å². The maximum Gasteiger partial charge on any atom is 0.321 e. The summed E-state index contributed by atoms with van der Waals surface area (Å²) >= 11 is 0. The molecule has 3 heterocycles. The fourth-order valence-electron chi connectivity index (χ4n) is 2.06. The number of hydrogen-bond donors (Lipinski definition) is 0. The van der Waals surface area contributed by atoms with E-state index in [1.54, 1.807) is 29.3 Å². The Bertz CT molecular complexity index is 903. The molecule has 0 amide bonds. The van der Waals surface area contributed by atoms with Crippen molar-refractivity contribution < 1.29 is 4.74 Å². The van der Waals surface area contributed by atoms with Crippen molar-refractivity contribution >= 4 is 5.65 Å². The number of ether oxygens (including phenoxy) is 1. The molecule has 0 aliphatic rings. The molecule has 4 rings (SSSR count). The van der Waals surface area contributed by atoms with Crippen molar-refractivity contribution in [1.82, 2.24) is 24.6 Å². The number of imidazole rings is 1. The Labute approximate surface area is 126 Å². The zero-order valence-electron chi connectivity index (χ0n) is 11.5. The first-order valence-corrected chi connectivity index (χ1v) is 6.74. The van der Waals surface area contributed by atoms with E-state index in [1.165, 1.54) is 0 Å². The maximum absolute atomic E-state index is 5.57. The van der Waals surface area contributed by atoms with Crippen LogP contribution in [0.1, 0.15) is 0 Å². The molecular formula is C16H11N5O. The van der Waals surface area contributed by atoms with Crippen molar-refractivity contribution in [1.29, 1.82) is 0 Å². The topological polar surface area (TPSA) is 65.2 Å². The third kappa shape index (κ3) is 2.37. The van der Waals surface area contributed by atoms with Crippen molar-refractivity contribution in [3.63, 3.8) is 0 Å². The Balaban J connectivity index is 1.61. The van der Waals surface area contributed by atoms with E-state index < -0.39 is 0 Å². The van der Waals surface area contributed by atoms with Crippen LogP contribution in [0.3, 0.4) is 0 Å². The minimum atomic E-state index is 0.304. The number of hydrogen-bond acceptors (Lipinski definition) is 5. The first-order valence-electron chi connectivity index (χ1n) is 6.74. The number of fused-ring (bicyclic) bond motifs is 1. The van der Waals surface area contributed by atoms with E-state index in [2.05, 4.69) is 20.1 Å². The monoisotopic (exact) mass is 289 g/mol. The van der Waals surface area contributed by atoms with Crippen molar-refractivity contribution in [2.24, 2.45) is 0 Å². The quantitative estimate of drug-likeness (QED) is 0.580. The van der Waals surface area contributed by atoms with E-state index in [1.807, 2.05) is 42.5 Å². The highest BCUT2D eigenvalue weighted by molar-refractivity contribution is 5.58. The lowest BCUT2D eigenvalue weighted by Crippen LogP contribution is -1.96. The summed E-state index contributed by atoms with van der Waals surface area (Å²) in [4.78, 5) is 12.6. The minimum Gasteiger partial charge on any atom is -0.424 e. The zero-order valence-corrected chi connectivity index (χ0v) is 11.5. The van der Waals surface area contributed by atoms with Crippen LogP contribution in [0.4, 0.5) is 0 Å². The molecule has 6 heteroatoms. The maximum atomic E-state index is 5.57. The molecule has 0 bridgehead atoms. The summed E-state index contributed by atoms with van der Waals surface area (Å²) in [6.45, 7) is 0. The summed E-state index contributed by atoms with van der Waals surface area (Å²) in [5, 5.41) is 4.45. The molecule has 0 unspecified atom stereocenters. The first kappa shape index (κ1) is 12.5. The highest BCUT2D eigenvalue weighted by Gasteiger charge is 2.05. The van der Waals surface area contributed by atoms with Crippen LogP contribution in [0.2, 0.25) is 0 Å². The molecule has 6 nitrogen and oxygen atoms in total. The van der Waals surface area contributed by atoms with Crippen LogP contribution >= 0.6 is 0 Å². The highest BCUT2D eigenvalue weighted by atomic mass is 16.5. The van der Waals surface area contributed by atoms with Gasteiger partial charge in [0.25, 0.3) is 0 Å². The molecule has 4 aromatic rings. The molecule has 0 radical (unpaired) electrons. The summed E-state index contributed by atoms with van der Waals surface area (Å²) in [5.74, 6) is 0.702. The molecule has 0 aliphatic heterocycles. The Morgan fingerprint density at radius 3 is 2.50 bits per heavy atom. The summed E-state index contributed by atoms with van der Waals surface area (Å²) in [6, 6.07) is 13.5. The molecular weight excluding hydrogens is 278 g/mol. The van der Waals surface area contributed by atoms with Crippen molar-refractivity contribution in [3.8, 4) is 23.0 Å². The summed E-state index contributed by atoms with van der Waals surface area (Å²) in [7, 11) is 0. The Hall–Kier alpha value is -3.28. The third-order valence-electron chi connectivity index (χ3n) is 3.13. The first-order chi connectivity index (χ1) is 10.9. The Kier molecular flexibility index (Phi) is 2.97. The smallest absolute Gasteiger partial charge is 0.321 e. The van der Waals surface area contributed by atoms with Gasteiger partial charge in [-0.1, -0.05) is 18.2 Å². The van der Waals surface area contributed by atoms with Crippen molar-refractivity contribution in [2.75, 3.05) is 0 Å². The van der Waals surface area contributed by atoms with E-state index in [0.717, 1.165) is 16.9 Å². The van der Waals surface area contributed by atoms with Crippen LogP contribution in [0.5, 0.6) is 11.8 Å². The van der Waals surface area contributed by atoms with Gasteiger partial charge in [0.15, 0.2) is 5.65 Å². The number of nitrogens with zero attached hydrogens (tertiary/aromatic N) is 5. The predicted molar refractivity (Wildman–Crippen MR) is 80.5 cm³/mol. The summed E-state index contributed by atoms with van der Waals surface area (Å²) in [6.07, 6.45) is 6.89. The highest BCUT2D eigenvalue weighted by Crippen LogP contribution is 2.19. The average molecular weight is 289 g/mol. The largest absolute Gasteiger partial charge is 0.424 e. The lowest BCUT2D eigenvalue weighted by Gasteiger charge is -2.04. The van der Waals surface area contributed by atoms with Gasteiger partial charge in [0.2, 0.25) is 0 Å². The van der Waals surface area contributed by atoms with E-state index >= 15 is 0 Å². The molecule has 0 N–H and O–H groups in total. The summed E-state index contributed by atoms with van der Waals surface area (Å²) < 4.78 is 7.28. The van der Waals surface area contributed by atoms with E-state index in [9.17, 15) is 0 Å². The van der Waals surface area contributed by atoms with Gasteiger partial charge < -0.3 is 4.74 Å². The molecule has 0 aliphatic carbocycles. The molecule has 0 spiro atoms. The second-order valence-electron chi connectivity index (χ2n) is 4.62. The van der Waals surface area contributed by atoms with Gasteiger partial charge >= 0.3 is 6.01 Å². The average Bonchev–Trinajstić information content (AvgIpc) is 3.04. The fourth-order valence-corrected chi connectivity index (χ4v) is 2.06. The van der Waals surface area contributed by atoms with Crippen LogP contribution < -0.4 is 4.74 Å². The van der Waals surface area contributed by atoms with Gasteiger partial charge in [0.1, 0.15) is 5.75 Å². The Morgan fingerprint density at radius 2 is 1.68 bits per heavy atom. The second kappa shape index (κ2) is 5.25. The van der Waals surface area contributed by atoms with Crippen LogP contribution in [0, 0.1) is 0 Å². The standard InChI is InChI=1S/C16H11N5O/c1-2-4-13(5-3-1)22-16-18-10-12(11-19-16)14-6-7-15-17-8-9-21(15)20-14/h1-11H. The van der Waals surface area contributed by atoms with Gasteiger partial charge in [-0.2, -0.15) is 5.10 Å². The van der Waals surface area contributed by atoms with E-state index in [-0.39, 0.29) is 0 Å². The molecule has 0 atom stereocenters. The normalized spacial score (nSPS) is 10.7. The lowest BCUT2D eigenvalue weighted by molar-refractivity contribution is 0.442. The van der Waals surface area contributed by atoms with Gasteiger partial charge in [0.05, 0.1) is 5.69 Å².